The number of rotatable bonds is 5. The zero-order valence-electron chi connectivity index (χ0n) is 17.1. The van der Waals surface area contributed by atoms with Gasteiger partial charge in [-0.25, -0.2) is 4.98 Å². The maximum absolute atomic E-state index is 12.6. The van der Waals surface area contributed by atoms with E-state index in [1.165, 1.54) is 39.2 Å². The average Bonchev–Trinajstić information content (AvgIpc) is 2.79. The second kappa shape index (κ2) is 8.79. The minimum absolute atomic E-state index is 0.289. The number of anilines is 1. The Hall–Kier alpha value is -2.99. The number of nitrogens with one attached hydrogen (secondary N) is 1. The van der Waals surface area contributed by atoms with Crippen LogP contribution in [0.3, 0.4) is 0 Å². The predicted molar refractivity (Wildman–Crippen MR) is 122 cm³/mol. The molecule has 1 aliphatic heterocycles. The lowest BCUT2D eigenvalue weighted by Gasteiger charge is -2.28. The number of fused-ring (bicyclic) bond motifs is 1. The van der Waals surface area contributed by atoms with Gasteiger partial charge in [0.15, 0.2) is 17.3 Å². The third-order valence-electron chi connectivity index (χ3n) is 5.34. The predicted octanol–water partition coefficient (Wildman–Crippen LogP) is 4.67. The molecule has 1 N–H and O–H groups in total. The van der Waals surface area contributed by atoms with E-state index in [2.05, 4.69) is 27.0 Å². The van der Waals surface area contributed by atoms with Gasteiger partial charge in [0.05, 0.1) is 30.2 Å². The summed E-state index contributed by atoms with van der Waals surface area (Å²) in [6, 6.07) is 11.5. The fourth-order valence-corrected chi connectivity index (χ4v) is 3.94. The minimum atomic E-state index is -0.289. The molecule has 0 unspecified atom stereocenters. The maximum atomic E-state index is 12.6. The summed E-state index contributed by atoms with van der Waals surface area (Å²) in [5, 5.41) is 0.765. The molecular weight excluding hydrogens is 402 g/mol. The number of aromatic nitrogens is 2. The van der Waals surface area contributed by atoms with E-state index in [1.54, 1.807) is 18.2 Å². The zero-order chi connectivity index (χ0) is 21.1. The third-order valence-corrected chi connectivity index (χ3v) is 5.63. The molecule has 0 atom stereocenters. The molecule has 3 aromatic rings. The van der Waals surface area contributed by atoms with Gasteiger partial charge in [0.1, 0.15) is 0 Å². The van der Waals surface area contributed by atoms with Crippen LogP contribution >= 0.6 is 11.6 Å². The van der Waals surface area contributed by atoms with E-state index in [0.29, 0.717) is 33.3 Å². The van der Waals surface area contributed by atoms with Crippen LogP contribution in [0.1, 0.15) is 30.7 Å². The largest absolute Gasteiger partial charge is 0.493 e. The summed E-state index contributed by atoms with van der Waals surface area (Å²) in [5.74, 6) is 1.28. The van der Waals surface area contributed by atoms with Crippen LogP contribution in [-0.2, 0) is 0 Å². The molecule has 7 heteroatoms. The fraction of sp³-hybridized carbons (Fsp3) is 0.304. The van der Waals surface area contributed by atoms with Gasteiger partial charge in [0.25, 0.3) is 5.56 Å². The summed E-state index contributed by atoms with van der Waals surface area (Å²) in [5.41, 5.74) is 2.36. The third kappa shape index (κ3) is 4.14. The highest BCUT2D eigenvalue weighted by molar-refractivity contribution is 6.50. The van der Waals surface area contributed by atoms with Crippen molar-refractivity contribution in [1.82, 2.24) is 9.97 Å². The monoisotopic (exact) mass is 425 g/mol. The van der Waals surface area contributed by atoms with Crippen LogP contribution in [0.4, 0.5) is 5.69 Å². The lowest BCUT2D eigenvalue weighted by molar-refractivity contribution is 0.355. The molecule has 1 aliphatic rings. The van der Waals surface area contributed by atoms with Crippen molar-refractivity contribution < 1.29 is 9.47 Å². The van der Waals surface area contributed by atoms with Crippen molar-refractivity contribution in [3.63, 3.8) is 0 Å². The number of hydrogen-bond acceptors (Lipinski definition) is 5. The number of benzene rings is 2. The Balaban J connectivity index is 1.64. The molecule has 2 heterocycles. The van der Waals surface area contributed by atoms with E-state index >= 15 is 0 Å². The molecule has 0 saturated carbocycles. The number of hydrogen-bond donors (Lipinski definition) is 1. The first kappa shape index (κ1) is 20.3. The SMILES string of the molecule is COc1cc2nc(/C(Cl)=C/c3ccc(N4CCCCC4)cc3)[nH]c(=O)c2cc1OC. The number of methoxy groups -OCH3 is 2. The van der Waals surface area contributed by atoms with Crippen molar-refractivity contribution in [3.05, 3.63) is 58.1 Å². The van der Waals surface area contributed by atoms with Crippen LogP contribution in [0.5, 0.6) is 11.5 Å². The van der Waals surface area contributed by atoms with Gasteiger partial charge in [-0.05, 0) is 49.1 Å². The zero-order valence-corrected chi connectivity index (χ0v) is 17.8. The second-order valence-corrected chi connectivity index (χ2v) is 7.68. The Bertz CT molecular complexity index is 1130. The Labute approximate surface area is 180 Å². The van der Waals surface area contributed by atoms with Crippen LogP contribution in [0.2, 0.25) is 0 Å². The van der Waals surface area contributed by atoms with Crippen LogP contribution in [0.15, 0.2) is 41.2 Å². The summed E-state index contributed by atoms with van der Waals surface area (Å²) in [7, 11) is 3.06. The molecule has 0 amide bonds. The van der Waals surface area contributed by atoms with Crippen molar-refractivity contribution in [3.8, 4) is 11.5 Å². The van der Waals surface area contributed by atoms with E-state index in [0.717, 1.165) is 18.7 Å². The first-order valence-electron chi connectivity index (χ1n) is 9.97. The molecule has 2 aromatic carbocycles. The van der Waals surface area contributed by atoms with E-state index in [4.69, 9.17) is 21.1 Å². The molecule has 6 nitrogen and oxygen atoms in total. The first-order chi connectivity index (χ1) is 14.6. The summed E-state index contributed by atoms with van der Waals surface area (Å²) in [6.07, 6.45) is 5.59. The van der Waals surface area contributed by atoms with Crippen molar-refractivity contribution in [1.29, 1.82) is 0 Å². The van der Waals surface area contributed by atoms with E-state index < -0.39 is 0 Å². The van der Waals surface area contributed by atoms with Crippen LogP contribution in [-0.4, -0.2) is 37.3 Å². The molecule has 1 fully saturated rings. The highest BCUT2D eigenvalue weighted by Gasteiger charge is 2.13. The Kier molecular flexibility index (Phi) is 5.95. The number of ether oxygens (including phenoxy) is 2. The highest BCUT2D eigenvalue weighted by atomic mass is 35.5. The van der Waals surface area contributed by atoms with Crippen molar-refractivity contribution in [2.75, 3.05) is 32.2 Å². The summed E-state index contributed by atoms with van der Waals surface area (Å²) >= 11 is 6.50. The number of nitrogens with zero attached hydrogens (tertiary/aromatic N) is 2. The highest BCUT2D eigenvalue weighted by Crippen LogP contribution is 2.31. The molecule has 0 spiro atoms. The van der Waals surface area contributed by atoms with Crippen molar-refractivity contribution in [2.45, 2.75) is 19.3 Å². The standard InChI is InChI=1S/C23H24ClN3O3/c1-29-20-13-17-19(14-21(20)30-2)25-22(26-23(17)28)18(24)12-15-6-8-16(9-7-15)27-10-4-3-5-11-27/h6-9,12-14H,3-5,10-11H2,1-2H3,(H,25,26,28)/b18-12-. The molecule has 1 aromatic heterocycles. The number of H-pyrrole nitrogens is 1. The number of halogens is 1. The molecule has 0 bridgehead atoms. The van der Waals surface area contributed by atoms with Crippen LogP contribution < -0.4 is 19.9 Å². The van der Waals surface area contributed by atoms with Gasteiger partial charge in [-0.3, -0.25) is 4.79 Å². The summed E-state index contributed by atoms with van der Waals surface area (Å²) < 4.78 is 10.6. The molecule has 1 saturated heterocycles. The molecule has 156 valence electrons. The van der Waals surface area contributed by atoms with Gasteiger partial charge in [-0.1, -0.05) is 23.7 Å². The smallest absolute Gasteiger partial charge is 0.259 e. The first-order valence-corrected chi connectivity index (χ1v) is 10.4. The minimum Gasteiger partial charge on any atom is -0.493 e. The molecule has 30 heavy (non-hydrogen) atoms. The Morgan fingerprint density at radius 2 is 1.73 bits per heavy atom. The number of piperidine rings is 1. The summed E-state index contributed by atoms with van der Waals surface area (Å²) in [6.45, 7) is 2.21. The number of aromatic amines is 1. The molecule has 0 aliphatic carbocycles. The van der Waals surface area contributed by atoms with E-state index in [1.807, 2.05) is 12.1 Å². The van der Waals surface area contributed by atoms with Crippen molar-refractivity contribution in [2.24, 2.45) is 0 Å². The average molecular weight is 426 g/mol. The molecule has 4 rings (SSSR count). The Morgan fingerprint density at radius 1 is 1.07 bits per heavy atom. The topological polar surface area (TPSA) is 67.5 Å². The summed E-state index contributed by atoms with van der Waals surface area (Å²) in [4.78, 5) is 22.2. The van der Waals surface area contributed by atoms with Crippen LogP contribution in [0.25, 0.3) is 22.0 Å². The Morgan fingerprint density at radius 3 is 2.40 bits per heavy atom. The lowest BCUT2D eigenvalue weighted by Crippen LogP contribution is -2.29. The van der Waals surface area contributed by atoms with Gasteiger partial charge in [-0.2, -0.15) is 0 Å². The quantitative estimate of drug-likeness (QED) is 0.643. The maximum Gasteiger partial charge on any atom is 0.259 e. The lowest BCUT2D eigenvalue weighted by atomic mass is 10.1. The molecular formula is C23H24ClN3O3. The van der Waals surface area contributed by atoms with Crippen molar-refractivity contribution >= 4 is 39.3 Å². The second-order valence-electron chi connectivity index (χ2n) is 7.27. The van der Waals surface area contributed by atoms with E-state index in [9.17, 15) is 4.79 Å². The van der Waals surface area contributed by atoms with Gasteiger partial charge < -0.3 is 19.4 Å². The van der Waals surface area contributed by atoms with Gasteiger partial charge in [0, 0.05) is 24.8 Å². The normalized spacial score (nSPS) is 14.8. The van der Waals surface area contributed by atoms with E-state index in [-0.39, 0.29) is 5.56 Å². The van der Waals surface area contributed by atoms with Gasteiger partial charge in [0.2, 0.25) is 0 Å². The fourth-order valence-electron chi connectivity index (χ4n) is 3.73. The van der Waals surface area contributed by atoms with Gasteiger partial charge in [-0.15, -0.1) is 0 Å². The van der Waals surface area contributed by atoms with Crippen LogP contribution in [0, 0.1) is 0 Å². The molecule has 0 radical (unpaired) electrons. The van der Waals surface area contributed by atoms with Gasteiger partial charge >= 0.3 is 0 Å².